The number of nitrogens with one attached hydrogen (secondary N) is 1. The maximum Gasteiger partial charge on any atom is 0.328 e. The third-order valence-electron chi connectivity index (χ3n) is 6.76. The number of imide groups is 1. The number of anilines is 1. The molecule has 0 aromatic heterocycles. The Hall–Kier alpha value is -2.61. The summed E-state index contributed by atoms with van der Waals surface area (Å²) in [5, 5.41) is 4.17. The number of hydrogen-bond acceptors (Lipinski definition) is 5. The number of carbonyl (C=O) groups is 2. The van der Waals surface area contributed by atoms with Crippen molar-refractivity contribution in [3.8, 4) is 0 Å². The van der Waals surface area contributed by atoms with Gasteiger partial charge in [-0.2, -0.15) is 0 Å². The Bertz CT molecular complexity index is 1080. The summed E-state index contributed by atoms with van der Waals surface area (Å²) >= 11 is 6.12. The molecular weight excluding hydrogens is 426 g/mol. The first-order chi connectivity index (χ1) is 15.3. The van der Waals surface area contributed by atoms with E-state index in [1.807, 2.05) is 12.1 Å². The lowest BCUT2D eigenvalue weighted by molar-refractivity contribution is -0.139. The van der Waals surface area contributed by atoms with Crippen LogP contribution in [0.2, 0.25) is 5.02 Å². The molecule has 32 heavy (non-hydrogen) atoms. The SMILES string of the molecule is Cc1ccc(N2CCCN3C4C(=O)N(Cc5cccc(Cl)c5)C(=O)N(C)C4NC23)c(C)c1. The number of amides is 3. The fourth-order valence-corrected chi connectivity index (χ4v) is 5.47. The van der Waals surface area contributed by atoms with Gasteiger partial charge in [-0.15, -0.1) is 0 Å². The number of rotatable bonds is 3. The quantitative estimate of drug-likeness (QED) is 0.773. The van der Waals surface area contributed by atoms with E-state index in [1.165, 1.54) is 16.0 Å². The fourth-order valence-electron chi connectivity index (χ4n) is 5.26. The molecule has 168 valence electrons. The van der Waals surface area contributed by atoms with Crippen molar-refractivity contribution in [1.82, 2.24) is 20.0 Å². The number of aryl methyl sites for hydroxylation is 2. The zero-order valence-corrected chi connectivity index (χ0v) is 19.3. The minimum atomic E-state index is -0.421. The van der Waals surface area contributed by atoms with Gasteiger partial charge in [-0.1, -0.05) is 41.4 Å². The Labute approximate surface area is 193 Å². The number of fused-ring (bicyclic) bond motifs is 3. The molecule has 2 aromatic carbocycles. The number of benzene rings is 2. The monoisotopic (exact) mass is 453 g/mol. The van der Waals surface area contributed by atoms with Gasteiger partial charge in [-0.3, -0.25) is 19.9 Å². The zero-order valence-electron chi connectivity index (χ0n) is 18.6. The largest absolute Gasteiger partial charge is 0.343 e. The Morgan fingerprint density at radius 2 is 1.91 bits per heavy atom. The van der Waals surface area contributed by atoms with E-state index in [2.05, 4.69) is 47.2 Å². The lowest BCUT2D eigenvalue weighted by atomic mass is 10.1. The minimum Gasteiger partial charge on any atom is -0.343 e. The highest BCUT2D eigenvalue weighted by Gasteiger charge is 2.56. The van der Waals surface area contributed by atoms with Gasteiger partial charge in [0.2, 0.25) is 0 Å². The molecule has 3 unspecified atom stereocenters. The molecule has 0 aliphatic carbocycles. The van der Waals surface area contributed by atoms with E-state index in [0.29, 0.717) is 5.02 Å². The van der Waals surface area contributed by atoms with Gasteiger partial charge in [0.1, 0.15) is 18.5 Å². The van der Waals surface area contributed by atoms with Crippen molar-refractivity contribution in [3.05, 3.63) is 64.2 Å². The molecule has 0 saturated carbocycles. The second kappa shape index (κ2) is 8.06. The van der Waals surface area contributed by atoms with E-state index < -0.39 is 6.04 Å². The van der Waals surface area contributed by atoms with Crippen molar-refractivity contribution < 1.29 is 9.59 Å². The van der Waals surface area contributed by atoms with Gasteiger partial charge in [0.05, 0.1) is 6.54 Å². The van der Waals surface area contributed by atoms with Crippen molar-refractivity contribution in [2.75, 3.05) is 25.0 Å². The average Bonchev–Trinajstić information content (AvgIpc) is 3.16. The van der Waals surface area contributed by atoms with Gasteiger partial charge in [0.15, 0.2) is 0 Å². The second-order valence-electron chi connectivity index (χ2n) is 8.95. The molecule has 3 amide bonds. The summed E-state index contributed by atoms with van der Waals surface area (Å²) in [6.45, 7) is 6.13. The first-order valence-corrected chi connectivity index (χ1v) is 11.4. The molecule has 8 heteroatoms. The molecule has 3 heterocycles. The Morgan fingerprint density at radius 1 is 1.09 bits per heavy atom. The molecule has 3 aliphatic heterocycles. The van der Waals surface area contributed by atoms with Crippen LogP contribution in [0, 0.1) is 13.8 Å². The summed E-state index contributed by atoms with van der Waals surface area (Å²) in [4.78, 5) is 34.3. The fraction of sp³-hybridized carbons (Fsp3) is 0.417. The molecule has 0 bridgehead atoms. The Balaban J connectivity index is 1.45. The number of urea groups is 1. The molecule has 2 aromatic rings. The Morgan fingerprint density at radius 3 is 2.66 bits per heavy atom. The Kier molecular flexibility index (Phi) is 5.35. The van der Waals surface area contributed by atoms with Crippen LogP contribution in [0.4, 0.5) is 10.5 Å². The van der Waals surface area contributed by atoms with Crippen molar-refractivity contribution in [2.45, 2.75) is 45.3 Å². The molecule has 1 N–H and O–H groups in total. The summed E-state index contributed by atoms with van der Waals surface area (Å²) in [6.07, 6.45) is 0.459. The lowest BCUT2D eigenvalue weighted by Crippen LogP contribution is -2.66. The van der Waals surface area contributed by atoms with Crippen LogP contribution in [0.3, 0.4) is 0 Å². The first kappa shape index (κ1) is 21.2. The molecule has 5 rings (SSSR count). The minimum absolute atomic E-state index is 0.134. The first-order valence-electron chi connectivity index (χ1n) is 11.0. The number of carbonyl (C=O) groups excluding carboxylic acids is 2. The van der Waals surface area contributed by atoms with Crippen molar-refractivity contribution in [1.29, 1.82) is 0 Å². The summed E-state index contributed by atoms with van der Waals surface area (Å²) in [6, 6.07) is 13.1. The van der Waals surface area contributed by atoms with Crippen LogP contribution in [0.15, 0.2) is 42.5 Å². The zero-order chi connectivity index (χ0) is 22.6. The van der Waals surface area contributed by atoms with Crippen molar-refractivity contribution in [3.63, 3.8) is 0 Å². The van der Waals surface area contributed by atoms with Crippen LogP contribution in [-0.2, 0) is 11.3 Å². The van der Waals surface area contributed by atoms with Crippen LogP contribution in [0.5, 0.6) is 0 Å². The van der Waals surface area contributed by atoms with E-state index in [1.54, 1.807) is 24.1 Å². The molecule has 3 aliphatic rings. The topological polar surface area (TPSA) is 59.1 Å². The molecule has 0 radical (unpaired) electrons. The summed E-state index contributed by atoms with van der Waals surface area (Å²) in [5.41, 5.74) is 4.44. The molecule has 3 atom stereocenters. The molecule has 0 spiro atoms. The van der Waals surface area contributed by atoms with Gasteiger partial charge < -0.3 is 9.80 Å². The van der Waals surface area contributed by atoms with Crippen LogP contribution in [0.1, 0.15) is 23.1 Å². The van der Waals surface area contributed by atoms with Crippen LogP contribution in [-0.4, -0.2) is 65.3 Å². The maximum atomic E-state index is 13.6. The third-order valence-corrected chi connectivity index (χ3v) is 7.00. The number of hydrogen-bond donors (Lipinski definition) is 1. The molecule has 3 saturated heterocycles. The summed E-state index contributed by atoms with van der Waals surface area (Å²) in [7, 11) is 1.77. The van der Waals surface area contributed by atoms with E-state index in [9.17, 15) is 9.59 Å². The van der Waals surface area contributed by atoms with Gasteiger partial charge >= 0.3 is 6.03 Å². The van der Waals surface area contributed by atoms with Gasteiger partial charge in [0.25, 0.3) is 5.91 Å². The second-order valence-corrected chi connectivity index (χ2v) is 9.39. The van der Waals surface area contributed by atoms with E-state index in [4.69, 9.17) is 11.6 Å². The van der Waals surface area contributed by atoms with Gasteiger partial charge in [-0.25, -0.2) is 4.79 Å². The number of nitrogens with zero attached hydrogens (tertiary/aromatic N) is 4. The predicted molar refractivity (Wildman–Crippen MR) is 124 cm³/mol. The standard InChI is InChI=1S/C24H28ClN5O2/c1-15-8-9-19(16(2)12-15)28-10-5-11-29-20-21(26-23(28)29)27(3)24(32)30(22(20)31)14-17-6-4-7-18(25)13-17/h4,6-9,12-13,20-21,23,26H,5,10-11,14H2,1-3H3. The summed E-state index contributed by atoms with van der Waals surface area (Å²) in [5.74, 6) is -0.157. The van der Waals surface area contributed by atoms with Crippen LogP contribution < -0.4 is 10.2 Å². The highest BCUT2D eigenvalue weighted by atomic mass is 35.5. The van der Waals surface area contributed by atoms with Gasteiger partial charge in [0, 0.05) is 30.8 Å². The average molecular weight is 454 g/mol. The van der Waals surface area contributed by atoms with E-state index >= 15 is 0 Å². The van der Waals surface area contributed by atoms with Crippen molar-refractivity contribution >= 4 is 29.2 Å². The smallest absolute Gasteiger partial charge is 0.328 e. The maximum absolute atomic E-state index is 13.6. The third kappa shape index (κ3) is 3.45. The van der Waals surface area contributed by atoms with Gasteiger partial charge in [-0.05, 0) is 49.6 Å². The highest BCUT2D eigenvalue weighted by molar-refractivity contribution is 6.30. The highest BCUT2D eigenvalue weighted by Crippen LogP contribution is 2.34. The lowest BCUT2D eigenvalue weighted by Gasteiger charge is -2.44. The summed E-state index contributed by atoms with van der Waals surface area (Å²) < 4.78 is 0. The molecular formula is C24H28ClN5O2. The molecule has 7 nitrogen and oxygen atoms in total. The number of likely N-dealkylation sites (N-methyl/N-ethyl adjacent to an activating group) is 1. The van der Waals surface area contributed by atoms with E-state index in [0.717, 1.165) is 30.8 Å². The van der Waals surface area contributed by atoms with Crippen molar-refractivity contribution in [2.24, 2.45) is 0 Å². The predicted octanol–water partition coefficient (Wildman–Crippen LogP) is 3.14. The number of halogens is 1. The van der Waals surface area contributed by atoms with E-state index in [-0.39, 0.29) is 30.9 Å². The normalized spacial score (nSPS) is 25.9. The van der Waals surface area contributed by atoms with Crippen LogP contribution in [0.25, 0.3) is 0 Å². The van der Waals surface area contributed by atoms with Crippen LogP contribution >= 0.6 is 11.6 Å². The molecule has 3 fully saturated rings.